The molecule has 0 bridgehead atoms. The highest BCUT2D eigenvalue weighted by atomic mass is 32.2. The molecule has 0 spiro atoms. The van der Waals surface area contributed by atoms with Crippen LogP contribution in [-0.2, 0) is 16.4 Å². The first kappa shape index (κ1) is 20.4. The number of nitrogens with zero attached hydrogens (tertiary/aromatic N) is 4. The summed E-state index contributed by atoms with van der Waals surface area (Å²) in [6, 6.07) is 16.9. The third-order valence-electron chi connectivity index (χ3n) is 4.94. The Balaban J connectivity index is 1.37. The number of rotatable bonds is 7. The summed E-state index contributed by atoms with van der Waals surface area (Å²) in [5, 5.41) is 4.05. The summed E-state index contributed by atoms with van der Waals surface area (Å²) >= 11 is 0. The summed E-state index contributed by atoms with van der Waals surface area (Å²) in [6.45, 7) is 4.11. The molecular formula is C21H24N4O4S. The van der Waals surface area contributed by atoms with E-state index in [0.717, 1.165) is 5.56 Å². The molecule has 2 aromatic carbocycles. The minimum atomic E-state index is -3.55. The smallest absolute Gasteiger partial charge is 0.324 e. The van der Waals surface area contributed by atoms with Crippen molar-refractivity contribution in [2.24, 2.45) is 0 Å². The Morgan fingerprint density at radius 1 is 1.00 bits per heavy atom. The molecule has 0 amide bonds. The molecule has 0 atom stereocenters. The van der Waals surface area contributed by atoms with Gasteiger partial charge in [-0.3, -0.25) is 0 Å². The second-order valence-electron chi connectivity index (χ2n) is 6.95. The Morgan fingerprint density at radius 3 is 2.37 bits per heavy atom. The van der Waals surface area contributed by atoms with Crippen LogP contribution in [0.5, 0.6) is 5.75 Å². The van der Waals surface area contributed by atoms with Crippen molar-refractivity contribution in [2.45, 2.75) is 18.2 Å². The van der Waals surface area contributed by atoms with E-state index in [2.05, 4.69) is 10.1 Å². The van der Waals surface area contributed by atoms with Crippen molar-refractivity contribution in [2.75, 3.05) is 37.7 Å². The standard InChI is InChI=1S/C21H24N4O4S/c1-2-28-18-8-10-19(11-9-18)30(26,27)25-14-12-24(13-15-25)21-22-20(23-29-21)16-17-6-4-3-5-7-17/h3-11H,2,12-16H2,1H3. The van der Waals surface area contributed by atoms with Gasteiger partial charge in [0.15, 0.2) is 5.82 Å². The van der Waals surface area contributed by atoms with E-state index >= 15 is 0 Å². The fraction of sp³-hybridized carbons (Fsp3) is 0.333. The summed E-state index contributed by atoms with van der Waals surface area (Å²) < 4.78 is 38.1. The summed E-state index contributed by atoms with van der Waals surface area (Å²) in [7, 11) is -3.55. The molecule has 0 unspecified atom stereocenters. The minimum Gasteiger partial charge on any atom is -0.494 e. The van der Waals surface area contributed by atoms with Crippen molar-refractivity contribution in [1.82, 2.24) is 14.4 Å². The molecule has 30 heavy (non-hydrogen) atoms. The van der Waals surface area contributed by atoms with Crippen LogP contribution in [0.1, 0.15) is 18.3 Å². The number of benzene rings is 2. The Hall–Kier alpha value is -2.91. The summed E-state index contributed by atoms with van der Waals surface area (Å²) in [4.78, 5) is 6.66. The quantitative estimate of drug-likeness (QED) is 0.571. The van der Waals surface area contributed by atoms with E-state index < -0.39 is 10.0 Å². The van der Waals surface area contributed by atoms with Crippen molar-refractivity contribution in [1.29, 1.82) is 0 Å². The predicted octanol–water partition coefficient (Wildman–Crippen LogP) is 2.57. The molecule has 158 valence electrons. The lowest BCUT2D eigenvalue weighted by Crippen LogP contribution is -2.48. The van der Waals surface area contributed by atoms with Crippen LogP contribution in [0, 0.1) is 0 Å². The molecule has 9 heteroatoms. The molecule has 1 aliphatic heterocycles. The second-order valence-corrected chi connectivity index (χ2v) is 8.89. The van der Waals surface area contributed by atoms with Crippen LogP contribution in [0.3, 0.4) is 0 Å². The second kappa shape index (κ2) is 8.85. The number of piperazine rings is 1. The van der Waals surface area contributed by atoms with Crippen LogP contribution in [0.25, 0.3) is 0 Å². The van der Waals surface area contributed by atoms with Gasteiger partial charge in [0.2, 0.25) is 10.0 Å². The molecule has 4 rings (SSSR count). The molecule has 0 saturated carbocycles. The highest BCUT2D eigenvalue weighted by molar-refractivity contribution is 7.89. The van der Waals surface area contributed by atoms with Gasteiger partial charge in [-0.05, 0) is 36.8 Å². The van der Waals surface area contributed by atoms with Gasteiger partial charge < -0.3 is 14.2 Å². The number of sulfonamides is 1. The molecule has 0 aliphatic carbocycles. The van der Waals surface area contributed by atoms with Gasteiger partial charge in [0, 0.05) is 32.6 Å². The van der Waals surface area contributed by atoms with E-state index in [-0.39, 0.29) is 4.90 Å². The lowest BCUT2D eigenvalue weighted by Gasteiger charge is -2.32. The molecule has 8 nitrogen and oxygen atoms in total. The normalized spacial score (nSPS) is 15.3. The molecular weight excluding hydrogens is 404 g/mol. The van der Waals surface area contributed by atoms with Gasteiger partial charge in [-0.25, -0.2) is 8.42 Å². The Morgan fingerprint density at radius 2 is 1.70 bits per heavy atom. The van der Waals surface area contributed by atoms with E-state index in [1.807, 2.05) is 42.2 Å². The van der Waals surface area contributed by atoms with E-state index in [9.17, 15) is 8.42 Å². The van der Waals surface area contributed by atoms with Crippen LogP contribution in [0.2, 0.25) is 0 Å². The zero-order valence-electron chi connectivity index (χ0n) is 16.8. The van der Waals surface area contributed by atoms with Crippen molar-refractivity contribution in [3.05, 3.63) is 66.0 Å². The van der Waals surface area contributed by atoms with Crippen LogP contribution in [-0.4, -0.2) is 55.6 Å². The fourth-order valence-corrected chi connectivity index (χ4v) is 4.79. The number of hydrogen-bond donors (Lipinski definition) is 0. The Kier molecular flexibility index (Phi) is 6.01. The van der Waals surface area contributed by atoms with Gasteiger partial charge in [-0.1, -0.05) is 35.5 Å². The highest BCUT2D eigenvalue weighted by Crippen LogP contribution is 2.22. The van der Waals surface area contributed by atoms with E-state index in [1.165, 1.54) is 4.31 Å². The summed E-state index contributed by atoms with van der Waals surface area (Å²) in [5.74, 6) is 1.27. The molecule has 3 aromatic rings. The van der Waals surface area contributed by atoms with Crippen LogP contribution >= 0.6 is 0 Å². The lowest BCUT2D eigenvalue weighted by atomic mass is 10.1. The highest BCUT2D eigenvalue weighted by Gasteiger charge is 2.30. The van der Waals surface area contributed by atoms with Crippen LogP contribution < -0.4 is 9.64 Å². The zero-order chi connectivity index (χ0) is 21.0. The van der Waals surface area contributed by atoms with Gasteiger partial charge in [-0.2, -0.15) is 9.29 Å². The Labute approximate surface area is 176 Å². The third kappa shape index (κ3) is 4.47. The number of aromatic nitrogens is 2. The van der Waals surface area contributed by atoms with E-state index in [0.29, 0.717) is 56.8 Å². The largest absolute Gasteiger partial charge is 0.494 e. The monoisotopic (exact) mass is 428 g/mol. The maximum Gasteiger partial charge on any atom is 0.324 e. The SMILES string of the molecule is CCOc1ccc(S(=O)(=O)N2CCN(c3nc(Cc4ccccc4)no3)CC2)cc1. The summed E-state index contributed by atoms with van der Waals surface area (Å²) in [5.41, 5.74) is 1.11. The van der Waals surface area contributed by atoms with Crippen molar-refractivity contribution < 1.29 is 17.7 Å². The number of ether oxygens (including phenoxy) is 1. The number of anilines is 1. The average Bonchev–Trinajstić information content (AvgIpc) is 3.24. The molecule has 1 fully saturated rings. The van der Waals surface area contributed by atoms with Gasteiger partial charge >= 0.3 is 6.01 Å². The first-order valence-corrected chi connectivity index (χ1v) is 11.3. The maximum atomic E-state index is 12.9. The van der Waals surface area contributed by atoms with Crippen LogP contribution in [0.15, 0.2) is 64.0 Å². The van der Waals surface area contributed by atoms with Gasteiger partial charge in [0.25, 0.3) is 0 Å². The molecule has 1 saturated heterocycles. The average molecular weight is 429 g/mol. The van der Waals surface area contributed by atoms with E-state index in [4.69, 9.17) is 9.26 Å². The Bertz CT molecular complexity index is 1060. The first-order chi connectivity index (χ1) is 14.6. The molecule has 1 aliphatic rings. The molecule has 2 heterocycles. The molecule has 1 aromatic heterocycles. The topological polar surface area (TPSA) is 88.8 Å². The molecule has 0 N–H and O–H groups in total. The molecule has 0 radical (unpaired) electrons. The third-order valence-corrected chi connectivity index (χ3v) is 6.86. The predicted molar refractivity (Wildman–Crippen MR) is 112 cm³/mol. The minimum absolute atomic E-state index is 0.266. The van der Waals surface area contributed by atoms with E-state index in [1.54, 1.807) is 24.3 Å². The van der Waals surface area contributed by atoms with Crippen LogP contribution in [0.4, 0.5) is 6.01 Å². The zero-order valence-corrected chi connectivity index (χ0v) is 17.6. The van der Waals surface area contributed by atoms with Gasteiger partial charge in [0.05, 0.1) is 11.5 Å². The first-order valence-electron chi connectivity index (χ1n) is 9.91. The fourth-order valence-electron chi connectivity index (χ4n) is 3.37. The lowest BCUT2D eigenvalue weighted by molar-refractivity contribution is 0.339. The number of hydrogen-bond acceptors (Lipinski definition) is 7. The maximum absolute atomic E-state index is 12.9. The van der Waals surface area contributed by atoms with Gasteiger partial charge in [0.1, 0.15) is 5.75 Å². The van der Waals surface area contributed by atoms with Crippen molar-refractivity contribution >= 4 is 16.0 Å². The summed E-state index contributed by atoms with van der Waals surface area (Å²) in [6.07, 6.45) is 0.594. The van der Waals surface area contributed by atoms with Crippen molar-refractivity contribution in [3.63, 3.8) is 0 Å². The van der Waals surface area contributed by atoms with Crippen molar-refractivity contribution in [3.8, 4) is 5.75 Å². The van der Waals surface area contributed by atoms with Gasteiger partial charge in [-0.15, -0.1) is 0 Å².